The van der Waals surface area contributed by atoms with E-state index in [1.165, 1.54) is 110 Å². The summed E-state index contributed by atoms with van der Waals surface area (Å²) in [6, 6.07) is 75.6. The Morgan fingerprint density at radius 2 is 0.569 bits per heavy atom. The topological polar surface area (TPSA) is 14.8 Å². The van der Waals surface area contributed by atoms with Crippen LogP contribution in [0.15, 0.2) is 206 Å². The summed E-state index contributed by atoms with van der Waals surface area (Å²) in [4.78, 5) is 0. The summed E-state index contributed by atoms with van der Waals surface area (Å²) in [6.45, 7) is 2.17. The van der Waals surface area contributed by atoms with Gasteiger partial charge in [-0.15, -0.1) is 0 Å². The monoisotopic (exact) mass is 739 g/mol. The fourth-order valence-corrected chi connectivity index (χ4v) is 9.44. The fraction of sp³-hybridized carbons (Fsp3) is 0.0182. The first kappa shape index (κ1) is 32.6. The maximum Gasteiger partial charge on any atom is 0.0541 e. The lowest BCUT2D eigenvalue weighted by molar-refractivity contribution is 1.17. The summed E-state index contributed by atoms with van der Waals surface area (Å²) in [5, 5.41) is 7.51. The van der Waals surface area contributed by atoms with Gasteiger partial charge in [0.2, 0.25) is 0 Å². The van der Waals surface area contributed by atoms with Crippen molar-refractivity contribution in [2.24, 2.45) is 0 Å². The Balaban J connectivity index is 1.06. The third-order valence-corrected chi connectivity index (χ3v) is 12.1. The average molecular weight is 740 g/mol. The molecule has 0 atom stereocenters. The quantitative estimate of drug-likeness (QED) is 0.167. The molecule has 0 unspecified atom stereocenters. The summed E-state index contributed by atoms with van der Waals surface area (Å²) in [6.07, 6.45) is 0. The van der Waals surface area contributed by atoms with Gasteiger partial charge in [-0.3, -0.25) is 0 Å². The number of fused-ring (bicyclic) bond motifs is 9. The Hall–Kier alpha value is -7.62. The van der Waals surface area contributed by atoms with Crippen LogP contribution in [0.4, 0.5) is 0 Å². The molecule has 0 aliphatic rings. The lowest BCUT2D eigenvalue weighted by atomic mass is 9.98. The van der Waals surface area contributed by atoms with Crippen LogP contribution in [-0.2, 0) is 0 Å². The van der Waals surface area contributed by atoms with Gasteiger partial charge in [0, 0.05) is 49.4 Å². The number of nitrogens with zero attached hydrogens (tertiary/aromatic N) is 3. The van der Waals surface area contributed by atoms with E-state index in [0.717, 1.165) is 0 Å². The smallest absolute Gasteiger partial charge is 0.0541 e. The number of aryl methyl sites for hydroxylation is 1. The summed E-state index contributed by atoms with van der Waals surface area (Å²) in [5.74, 6) is 0. The van der Waals surface area contributed by atoms with Crippen molar-refractivity contribution in [3.63, 3.8) is 0 Å². The van der Waals surface area contributed by atoms with Crippen molar-refractivity contribution in [3.05, 3.63) is 212 Å². The second kappa shape index (κ2) is 12.7. The molecule has 3 heteroatoms. The molecule has 9 aromatic carbocycles. The highest BCUT2D eigenvalue weighted by Crippen LogP contribution is 2.41. The van der Waals surface area contributed by atoms with Crippen LogP contribution in [-0.4, -0.2) is 13.7 Å². The maximum absolute atomic E-state index is 2.43. The molecule has 0 N–H and O–H groups in total. The van der Waals surface area contributed by atoms with Gasteiger partial charge in [0.25, 0.3) is 0 Å². The summed E-state index contributed by atoms with van der Waals surface area (Å²) >= 11 is 0. The van der Waals surface area contributed by atoms with Gasteiger partial charge in [-0.25, -0.2) is 0 Å². The molecule has 0 saturated carbocycles. The van der Waals surface area contributed by atoms with Gasteiger partial charge in [0.1, 0.15) is 0 Å². The molecule has 0 fully saturated rings. The van der Waals surface area contributed by atoms with Crippen LogP contribution in [0.2, 0.25) is 0 Å². The highest BCUT2D eigenvalue weighted by molar-refractivity contribution is 6.14. The Bertz CT molecular complexity index is 3350. The van der Waals surface area contributed by atoms with Gasteiger partial charge in [-0.2, -0.15) is 0 Å². The van der Waals surface area contributed by atoms with Gasteiger partial charge < -0.3 is 13.7 Å². The number of aromatic nitrogens is 3. The second-order valence-corrected chi connectivity index (χ2v) is 15.5. The van der Waals surface area contributed by atoms with E-state index in [2.05, 4.69) is 227 Å². The van der Waals surface area contributed by atoms with Crippen molar-refractivity contribution in [3.8, 4) is 39.3 Å². The Morgan fingerprint density at radius 3 is 0.983 bits per heavy atom. The van der Waals surface area contributed by atoms with Crippen molar-refractivity contribution in [1.82, 2.24) is 13.7 Å². The van der Waals surface area contributed by atoms with Crippen LogP contribution in [0, 0.1) is 6.92 Å². The van der Waals surface area contributed by atoms with E-state index in [1.807, 2.05) is 0 Å². The SMILES string of the molecule is Cc1cccc(-n2c3ccc(-c4ccc5c(c4)c4ccccc4n5-c4ccccc4)cc3c3cc(-c4ccc5c(c4)c4ccccc4n5-c4ccccc4)ccc32)c1. The van der Waals surface area contributed by atoms with Crippen LogP contribution in [0.25, 0.3) is 105 Å². The molecule has 3 aromatic heterocycles. The van der Waals surface area contributed by atoms with Gasteiger partial charge in [0.15, 0.2) is 0 Å². The zero-order chi connectivity index (χ0) is 38.3. The Labute approximate surface area is 335 Å². The summed E-state index contributed by atoms with van der Waals surface area (Å²) in [7, 11) is 0. The molecule has 0 saturated heterocycles. The lowest BCUT2D eigenvalue weighted by Gasteiger charge is -2.10. The normalized spacial score (nSPS) is 11.9. The largest absolute Gasteiger partial charge is 0.309 e. The molecule has 12 rings (SSSR count). The first-order valence-corrected chi connectivity index (χ1v) is 20.0. The standard InChI is InChI=1S/C55H37N3/c1-36-13-12-18-43(31-36)58-54-29-25-39(37-23-27-52-46(32-37)44-19-8-10-21-50(44)56(52)41-14-4-2-5-15-41)34-48(54)49-35-40(26-30-55(49)58)38-24-28-53-47(33-38)45-20-9-11-22-51(45)57(53)42-16-6-3-7-17-42/h2-35H,1H3. The molecule has 58 heavy (non-hydrogen) atoms. The first-order valence-electron chi connectivity index (χ1n) is 20.0. The van der Waals surface area contributed by atoms with E-state index in [1.54, 1.807) is 0 Å². The molecule has 0 aliphatic heterocycles. The van der Waals surface area contributed by atoms with Crippen molar-refractivity contribution in [2.45, 2.75) is 6.92 Å². The van der Waals surface area contributed by atoms with Gasteiger partial charge >= 0.3 is 0 Å². The minimum atomic E-state index is 1.17. The molecule has 0 radical (unpaired) electrons. The highest BCUT2D eigenvalue weighted by atomic mass is 15.0. The third-order valence-electron chi connectivity index (χ3n) is 12.1. The summed E-state index contributed by atoms with van der Waals surface area (Å²) < 4.78 is 7.19. The van der Waals surface area contributed by atoms with E-state index in [4.69, 9.17) is 0 Å². The summed E-state index contributed by atoms with van der Waals surface area (Å²) in [5.41, 5.74) is 16.8. The molecular weight excluding hydrogens is 703 g/mol. The van der Waals surface area contributed by atoms with Crippen LogP contribution >= 0.6 is 0 Å². The predicted octanol–water partition coefficient (Wildman–Crippen LogP) is 14.6. The predicted molar refractivity (Wildman–Crippen MR) is 245 cm³/mol. The van der Waals surface area contributed by atoms with Crippen molar-refractivity contribution in [2.75, 3.05) is 0 Å². The van der Waals surface area contributed by atoms with E-state index in [0.29, 0.717) is 0 Å². The minimum absolute atomic E-state index is 1.17. The number of rotatable bonds is 5. The van der Waals surface area contributed by atoms with Gasteiger partial charge in [-0.1, -0.05) is 109 Å². The van der Waals surface area contributed by atoms with Crippen molar-refractivity contribution < 1.29 is 0 Å². The molecule has 0 bridgehead atoms. The van der Waals surface area contributed by atoms with E-state index < -0.39 is 0 Å². The van der Waals surface area contributed by atoms with Gasteiger partial charge in [-0.05, 0) is 132 Å². The van der Waals surface area contributed by atoms with E-state index >= 15 is 0 Å². The highest BCUT2D eigenvalue weighted by Gasteiger charge is 2.18. The fourth-order valence-electron chi connectivity index (χ4n) is 9.44. The number of para-hydroxylation sites is 4. The molecule has 0 amide bonds. The zero-order valence-electron chi connectivity index (χ0n) is 32.0. The molecule has 3 heterocycles. The zero-order valence-corrected chi connectivity index (χ0v) is 32.0. The van der Waals surface area contributed by atoms with Crippen LogP contribution < -0.4 is 0 Å². The van der Waals surface area contributed by atoms with Crippen LogP contribution in [0.3, 0.4) is 0 Å². The number of hydrogen-bond donors (Lipinski definition) is 0. The maximum atomic E-state index is 2.43. The second-order valence-electron chi connectivity index (χ2n) is 15.5. The minimum Gasteiger partial charge on any atom is -0.309 e. The van der Waals surface area contributed by atoms with E-state index in [-0.39, 0.29) is 0 Å². The average Bonchev–Trinajstić information content (AvgIpc) is 3.91. The number of benzene rings is 9. The Morgan fingerprint density at radius 1 is 0.241 bits per heavy atom. The lowest BCUT2D eigenvalue weighted by Crippen LogP contribution is -1.94. The molecule has 272 valence electrons. The molecular formula is C55H37N3. The van der Waals surface area contributed by atoms with Crippen molar-refractivity contribution >= 4 is 65.4 Å². The first-order chi connectivity index (χ1) is 28.7. The van der Waals surface area contributed by atoms with E-state index in [9.17, 15) is 0 Å². The van der Waals surface area contributed by atoms with Crippen molar-refractivity contribution in [1.29, 1.82) is 0 Å². The number of hydrogen-bond acceptors (Lipinski definition) is 0. The van der Waals surface area contributed by atoms with Crippen LogP contribution in [0.5, 0.6) is 0 Å². The Kier molecular flexibility index (Phi) is 7.14. The van der Waals surface area contributed by atoms with Crippen LogP contribution in [0.1, 0.15) is 5.56 Å². The molecule has 3 nitrogen and oxygen atoms in total. The third kappa shape index (κ3) is 4.93. The molecule has 12 aromatic rings. The molecule has 0 aliphatic carbocycles. The van der Waals surface area contributed by atoms with Gasteiger partial charge in [0.05, 0.1) is 33.1 Å². The molecule has 0 spiro atoms.